The third-order valence-electron chi connectivity index (χ3n) is 6.29. The fourth-order valence-electron chi connectivity index (χ4n) is 5.20. The van der Waals surface area contributed by atoms with Gasteiger partial charge >= 0.3 is 0 Å². The van der Waals surface area contributed by atoms with E-state index < -0.39 is 17.6 Å². The van der Waals surface area contributed by atoms with Gasteiger partial charge in [0.25, 0.3) is 0 Å². The topological polar surface area (TPSA) is 52.5 Å². The molecule has 0 aromatic heterocycles. The molecule has 0 radical (unpaired) electrons. The summed E-state index contributed by atoms with van der Waals surface area (Å²) in [6.07, 6.45) is 1.32. The number of aliphatic imine (C=N–C) groups is 1. The van der Waals surface area contributed by atoms with Crippen molar-refractivity contribution >= 4 is 5.84 Å². The quantitative estimate of drug-likeness (QED) is 0.829. The van der Waals surface area contributed by atoms with Crippen LogP contribution in [0.4, 0.5) is 0 Å². The van der Waals surface area contributed by atoms with Gasteiger partial charge < -0.3 is 23.8 Å². The second-order valence-electron chi connectivity index (χ2n) is 8.22. The summed E-state index contributed by atoms with van der Waals surface area (Å²) in [7, 11) is 3.83. The van der Waals surface area contributed by atoms with Crippen molar-refractivity contribution < 1.29 is 18.9 Å². The van der Waals surface area contributed by atoms with Crippen LogP contribution in [0.1, 0.15) is 32.3 Å². The first kappa shape index (κ1) is 16.7. The van der Waals surface area contributed by atoms with E-state index in [0.29, 0.717) is 6.61 Å². The molecule has 0 N–H and O–H groups in total. The van der Waals surface area contributed by atoms with E-state index >= 15 is 0 Å². The molecular formula is C20H26N2O4. The van der Waals surface area contributed by atoms with Gasteiger partial charge in [-0.15, -0.1) is 0 Å². The zero-order valence-electron chi connectivity index (χ0n) is 15.8. The lowest BCUT2D eigenvalue weighted by Gasteiger charge is -2.45. The van der Waals surface area contributed by atoms with Crippen LogP contribution in [0.3, 0.4) is 0 Å². The lowest BCUT2D eigenvalue weighted by atomic mass is 9.78. The monoisotopic (exact) mass is 358 g/mol. The van der Waals surface area contributed by atoms with Crippen molar-refractivity contribution in [3.05, 3.63) is 35.9 Å². The highest BCUT2D eigenvalue weighted by Crippen LogP contribution is 2.63. The molecule has 4 atom stereocenters. The van der Waals surface area contributed by atoms with Gasteiger partial charge in [0.1, 0.15) is 23.6 Å². The Bertz CT molecular complexity index is 745. The van der Waals surface area contributed by atoms with Gasteiger partial charge in [-0.2, -0.15) is 0 Å². The Morgan fingerprint density at radius 3 is 2.58 bits per heavy atom. The summed E-state index contributed by atoms with van der Waals surface area (Å²) in [5.41, 5.74) is 0.516. The summed E-state index contributed by atoms with van der Waals surface area (Å²) in [6, 6.07) is 10.4. The number of hydrogen-bond acceptors (Lipinski definition) is 6. The predicted octanol–water partition coefficient (Wildman–Crippen LogP) is 2.17. The number of hydrogen-bond donors (Lipinski definition) is 0. The molecule has 5 rings (SSSR count). The first-order valence-electron chi connectivity index (χ1n) is 9.33. The van der Waals surface area contributed by atoms with Crippen molar-refractivity contribution in [2.24, 2.45) is 4.99 Å². The van der Waals surface area contributed by atoms with Gasteiger partial charge in [0.15, 0.2) is 12.1 Å². The summed E-state index contributed by atoms with van der Waals surface area (Å²) >= 11 is 0. The van der Waals surface area contributed by atoms with Crippen LogP contribution in [0.5, 0.6) is 0 Å². The molecule has 1 aromatic carbocycles. The number of amidine groups is 1. The summed E-state index contributed by atoms with van der Waals surface area (Å²) in [5, 5.41) is 0. The van der Waals surface area contributed by atoms with E-state index in [1.54, 1.807) is 7.11 Å². The minimum atomic E-state index is -0.660. The molecule has 2 saturated heterocycles. The summed E-state index contributed by atoms with van der Waals surface area (Å²) < 4.78 is 24.3. The molecule has 3 aliphatic heterocycles. The zero-order valence-corrected chi connectivity index (χ0v) is 15.8. The molecular weight excluding hydrogens is 332 g/mol. The maximum Gasteiger partial charge on any atom is 0.190 e. The maximum atomic E-state index is 6.40. The Morgan fingerprint density at radius 1 is 1.19 bits per heavy atom. The van der Waals surface area contributed by atoms with E-state index in [1.165, 1.54) is 0 Å². The van der Waals surface area contributed by atoms with Gasteiger partial charge in [-0.25, -0.2) is 0 Å². The Morgan fingerprint density at radius 2 is 1.92 bits per heavy atom. The second kappa shape index (κ2) is 5.29. The SMILES string of the molecule is COC[C@H]1O[C@@H]2OC(C)(C)O[C@@H]2[C@]12N(C)C(c1ccccc1)=NC21CC1. The summed E-state index contributed by atoms with van der Waals surface area (Å²) in [6.45, 7) is 4.38. The first-order valence-corrected chi connectivity index (χ1v) is 9.33. The van der Waals surface area contributed by atoms with Crippen LogP contribution in [0.2, 0.25) is 0 Å². The van der Waals surface area contributed by atoms with Crippen molar-refractivity contribution in [3.8, 4) is 0 Å². The molecule has 26 heavy (non-hydrogen) atoms. The van der Waals surface area contributed by atoms with E-state index in [1.807, 2.05) is 19.9 Å². The van der Waals surface area contributed by atoms with E-state index in [-0.39, 0.29) is 17.7 Å². The third-order valence-corrected chi connectivity index (χ3v) is 6.29. The highest BCUT2D eigenvalue weighted by Gasteiger charge is 2.79. The van der Waals surface area contributed by atoms with Crippen LogP contribution in [0.25, 0.3) is 0 Å². The Balaban J connectivity index is 1.62. The largest absolute Gasteiger partial charge is 0.382 e. The van der Waals surface area contributed by atoms with Crippen molar-refractivity contribution in [2.75, 3.05) is 20.8 Å². The molecule has 2 spiro atoms. The number of benzene rings is 1. The molecule has 3 heterocycles. The van der Waals surface area contributed by atoms with E-state index in [9.17, 15) is 0 Å². The molecule has 6 heteroatoms. The summed E-state index contributed by atoms with van der Waals surface area (Å²) in [5.74, 6) is 0.342. The highest BCUT2D eigenvalue weighted by atomic mass is 16.8. The normalized spacial score (nSPS) is 38.8. The number of ether oxygens (including phenoxy) is 4. The van der Waals surface area contributed by atoms with E-state index in [2.05, 4.69) is 36.2 Å². The molecule has 0 bridgehead atoms. The van der Waals surface area contributed by atoms with Gasteiger partial charge in [-0.3, -0.25) is 4.99 Å². The minimum absolute atomic E-state index is 0.156. The predicted molar refractivity (Wildman–Crippen MR) is 96.0 cm³/mol. The van der Waals surface area contributed by atoms with Crippen LogP contribution in [0, 0.1) is 0 Å². The Hall–Kier alpha value is -1.47. The smallest absolute Gasteiger partial charge is 0.190 e. The van der Waals surface area contributed by atoms with Crippen molar-refractivity contribution in [1.29, 1.82) is 0 Å². The molecule has 3 fully saturated rings. The molecule has 6 nitrogen and oxygen atoms in total. The van der Waals surface area contributed by atoms with Crippen LogP contribution >= 0.6 is 0 Å². The van der Waals surface area contributed by atoms with Gasteiger partial charge in [0.05, 0.1) is 12.1 Å². The average Bonchev–Trinajstić information content (AvgIpc) is 3.16. The van der Waals surface area contributed by atoms with Gasteiger partial charge in [-0.05, 0) is 26.7 Å². The Kier molecular flexibility index (Phi) is 3.39. The number of nitrogens with zero attached hydrogens (tertiary/aromatic N) is 2. The lowest BCUT2D eigenvalue weighted by molar-refractivity contribution is -0.223. The number of likely N-dealkylation sites (N-methyl/N-ethyl adjacent to an activating group) is 1. The van der Waals surface area contributed by atoms with Crippen molar-refractivity contribution in [1.82, 2.24) is 4.90 Å². The molecule has 1 saturated carbocycles. The molecule has 140 valence electrons. The molecule has 0 unspecified atom stereocenters. The van der Waals surface area contributed by atoms with Crippen LogP contribution in [0.15, 0.2) is 35.3 Å². The van der Waals surface area contributed by atoms with Crippen molar-refractivity contribution in [3.63, 3.8) is 0 Å². The Labute approximate surface area is 154 Å². The van der Waals surface area contributed by atoms with Gasteiger partial charge in [0.2, 0.25) is 0 Å². The maximum absolute atomic E-state index is 6.40. The average molecular weight is 358 g/mol. The summed E-state index contributed by atoms with van der Waals surface area (Å²) in [4.78, 5) is 7.52. The number of methoxy groups -OCH3 is 1. The second-order valence-corrected chi connectivity index (χ2v) is 8.22. The minimum Gasteiger partial charge on any atom is -0.382 e. The molecule has 4 aliphatic rings. The van der Waals surface area contributed by atoms with Crippen molar-refractivity contribution in [2.45, 2.75) is 62.1 Å². The van der Waals surface area contributed by atoms with E-state index in [0.717, 1.165) is 24.2 Å². The fraction of sp³-hybridized carbons (Fsp3) is 0.650. The third kappa shape index (κ3) is 1.99. The number of rotatable bonds is 3. The number of fused-ring (bicyclic) bond motifs is 3. The zero-order chi connectivity index (χ0) is 18.2. The van der Waals surface area contributed by atoms with Crippen LogP contribution in [-0.4, -0.2) is 66.9 Å². The lowest BCUT2D eigenvalue weighted by Crippen LogP contribution is -2.66. The van der Waals surface area contributed by atoms with E-state index in [4.69, 9.17) is 23.9 Å². The highest BCUT2D eigenvalue weighted by molar-refractivity contribution is 6.01. The molecule has 1 aromatic rings. The standard InChI is InChI=1S/C20H26N2O4/c1-18(2)25-15-17(26-18)24-14(12-23-4)20(15)19(10-11-19)21-16(22(20)3)13-8-6-5-7-9-13/h5-9,14-15,17H,10-12H2,1-4H3/t14-,15+,17-,20-/m1/s1. The first-order chi connectivity index (χ1) is 12.4. The van der Waals surface area contributed by atoms with Gasteiger partial charge in [-0.1, -0.05) is 30.3 Å². The van der Waals surface area contributed by atoms with Crippen LogP contribution in [-0.2, 0) is 18.9 Å². The van der Waals surface area contributed by atoms with Crippen LogP contribution < -0.4 is 0 Å². The van der Waals surface area contributed by atoms with Gasteiger partial charge in [0, 0.05) is 19.7 Å². The fourth-order valence-corrected chi connectivity index (χ4v) is 5.20. The molecule has 0 amide bonds. The molecule has 1 aliphatic carbocycles.